The molecule has 0 fully saturated rings. The van der Waals surface area contributed by atoms with Crippen LogP contribution in [-0.4, -0.2) is 71.3 Å². The molecule has 4 N–H and O–H groups in total. The van der Waals surface area contributed by atoms with E-state index in [1.165, 1.54) is 0 Å². The number of aliphatic hydroxyl groups is 4. The maximum atomic E-state index is 10.1. The van der Waals surface area contributed by atoms with Crippen molar-refractivity contribution in [2.75, 3.05) is 26.4 Å². The number of hydrogen-bond donors (Lipinski definition) is 4. The van der Waals surface area contributed by atoms with Gasteiger partial charge in [-0.15, -0.1) is 0 Å². The van der Waals surface area contributed by atoms with Crippen molar-refractivity contribution >= 4 is 0 Å². The summed E-state index contributed by atoms with van der Waals surface area (Å²) >= 11 is 0. The van der Waals surface area contributed by atoms with Gasteiger partial charge in [0.2, 0.25) is 0 Å². The van der Waals surface area contributed by atoms with Crippen molar-refractivity contribution in [3.05, 3.63) is 0 Å². The molecule has 0 saturated carbocycles. The third-order valence-corrected chi connectivity index (χ3v) is 4.43. The summed E-state index contributed by atoms with van der Waals surface area (Å²) in [5.41, 5.74) is 0. The van der Waals surface area contributed by atoms with Crippen LogP contribution in [0.4, 0.5) is 0 Å². The number of ether oxygens (including phenoxy) is 2. The SMILES string of the molecule is CC(C)CCCCO[C@@H]([C@H](OCCCCC(C)C)[C@H](O)CO)[C@H](O)CO. The van der Waals surface area contributed by atoms with Crippen LogP contribution in [0, 0.1) is 11.8 Å². The smallest absolute Gasteiger partial charge is 0.114 e. The van der Waals surface area contributed by atoms with Crippen LogP contribution in [0.15, 0.2) is 0 Å². The second-order valence-electron chi connectivity index (χ2n) is 7.95. The van der Waals surface area contributed by atoms with Gasteiger partial charge in [-0.3, -0.25) is 0 Å². The molecule has 0 bridgehead atoms. The summed E-state index contributed by atoms with van der Waals surface area (Å²) in [6, 6.07) is 0. The van der Waals surface area contributed by atoms with Crippen LogP contribution in [0.5, 0.6) is 0 Å². The molecule has 0 aromatic rings. The third-order valence-electron chi connectivity index (χ3n) is 4.43. The van der Waals surface area contributed by atoms with E-state index in [0.717, 1.165) is 38.5 Å². The maximum absolute atomic E-state index is 10.1. The molecular formula is C20H42O6. The normalized spacial score (nSPS) is 16.8. The first kappa shape index (κ1) is 25.8. The lowest BCUT2D eigenvalue weighted by Gasteiger charge is -2.33. The molecule has 0 amide bonds. The topological polar surface area (TPSA) is 99.4 Å². The molecule has 0 aliphatic heterocycles. The number of aliphatic hydroxyl groups excluding tert-OH is 4. The second kappa shape index (κ2) is 15.8. The standard InChI is InChI=1S/C20H42O6/c1-15(2)9-5-7-11-25-19(17(23)13-21)20(18(24)14-22)26-12-8-6-10-16(3)4/h15-24H,5-14H2,1-4H3/t17-,18-,19-,20-/m1/s1. The Morgan fingerprint density at radius 2 is 0.962 bits per heavy atom. The van der Waals surface area contributed by atoms with Gasteiger partial charge in [0.25, 0.3) is 0 Å². The van der Waals surface area contributed by atoms with Gasteiger partial charge >= 0.3 is 0 Å². The summed E-state index contributed by atoms with van der Waals surface area (Å²) in [5, 5.41) is 38.9. The lowest BCUT2D eigenvalue weighted by molar-refractivity contribution is -0.170. The van der Waals surface area contributed by atoms with Gasteiger partial charge in [-0.05, 0) is 24.7 Å². The van der Waals surface area contributed by atoms with Crippen molar-refractivity contribution in [1.29, 1.82) is 0 Å². The van der Waals surface area contributed by atoms with Gasteiger partial charge in [0.15, 0.2) is 0 Å². The molecule has 0 radical (unpaired) electrons. The molecule has 0 heterocycles. The molecule has 0 aliphatic carbocycles. The Morgan fingerprint density at radius 1 is 0.615 bits per heavy atom. The first-order chi connectivity index (χ1) is 12.3. The number of unbranched alkanes of at least 4 members (excludes halogenated alkanes) is 2. The minimum absolute atomic E-state index is 0.416. The van der Waals surface area contributed by atoms with Gasteiger partial charge in [-0.25, -0.2) is 0 Å². The van der Waals surface area contributed by atoms with Crippen molar-refractivity contribution in [3.8, 4) is 0 Å². The van der Waals surface area contributed by atoms with Gasteiger partial charge < -0.3 is 29.9 Å². The third kappa shape index (κ3) is 12.2. The quantitative estimate of drug-likeness (QED) is 0.289. The van der Waals surface area contributed by atoms with E-state index in [2.05, 4.69) is 27.7 Å². The molecule has 158 valence electrons. The highest BCUT2D eigenvalue weighted by Gasteiger charge is 2.34. The van der Waals surface area contributed by atoms with Gasteiger partial charge in [0, 0.05) is 13.2 Å². The zero-order chi connectivity index (χ0) is 19.9. The Balaban J connectivity index is 4.58. The van der Waals surface area contributed by atoms with Crippen molar-refractivity contribution < 1.29 is 29.9 Å². The first-order valence-electron chi connectivity index (χ1n) is 10.1. The fraction of sp³-hybridized carbons (Fsp3) is 1.00. The van der Waals surface area contributed by atoms with E-state index in [4.69, 9.17) is 9.47 Å². The van der Waals surface area contributed by atoms with Crippen molar-refractivity contribution in [3.63, 3.8) is 0 Å². The fourth-order valence-corrected chi connectivity index (χ4v) is 2.81. The zero-order valence-corrected chi connectivity index (χ0v) is 17.1. The van der Waals surface area contributed by atoms with E-state index < -0.39 is 37.6 Å². The summed E-state index contributed by atoms with van der Waals surface area (Å²) in [6.45, 7) is 8.53. The van der Waals surface area contributed by atoms with Crippen molar-refractivity contribution in [1.82, 2.24) is 0 Å². The molecule has 0 aliphatic rings. The lowest BCUT2D eigenvalue weighted by Crippen LogP contribution is -2.50. The lowest BCUT2D eigenvalue weighted by atomic mass is 10.0. The predicted molar refractivity (Wildman–Crippen MR) is 103 cm³/mol. The number of rotatable bonds is 17. The number of hydrogen-bond acceptors (Lipinski definition) is 6. The summed E-state index contributed by atoms with van der Waals surface area (Å²) in [6.07, 6.45) is 1.84. The summed E-state index contributed by atoms with van der Waals surface area (Å²) < 4.78 is 11.5. The van der Waals surface area contributed by atoms with E-state index in [1.807, 2.05) is 0 Å². The van der Waals surface area contributed by atoms with Crippen molar-refractivity contribution in [2.24, 2.45) is 11.8 Å². The van der Waals surface area contributed by atoms with E-state index in [1.54, 1.807) is 0 Å². The van der Waals surface area contributed by atoms with Gasteiger partial charge in [0.05, 0.1) is 13.2 Å². The molecule has 4 atom stereocenters. The molecule has 6 heteroatoms. The van der Waals surface area contributed by atoms with Crippen LogP contribution >= 0.6 is 0 Å². The molecule has 0 aromatic carbocycles. The molecular weight excluding hydrogens is 336 g/mol. The van der Waals surface area contributed by atoms with E-state index >= 15 is 0 Å². The maximum Gasteiger partial charge on any atom is 0.114 e. The average molecular weight is 379 g/mol. The van der Waals surface area contributed by atoms with E-state index in [-0.39, 0.29) is 0 Å². The average Bonchev–Trinajstić information content (AvgIpc) is 2.60. The summed E-state index contributed by atoms with van der Waals surface area (Å²) in [4.78, 5) is 0. The highest BCUT2D eigenvalue weighted by Crippen LogP contribution is 2.16. The van der Waals surface area contributed by atoms with Crippen LogP contribution in [0.1, 0.15) is 66.2 Å². The second-order valence-corrected chi connectivity index (χ2v) is 7.95. The summed E-state index contributed by atoms with van der Waals surface area (Å²) in [5.74, 6) is 1.26. The molecule has 0 rings (SSSR count). The molecule has 0 spiro atoms. The van der Waals surface area contributed by atoms with Gasteiger partial charge in [-0.2, -0.15) is 0 Å². The Hall–Kier alpha value is -0.240. The largest absolute Gasteiger partial charge is 0.394 e. The Kier molecular flexibility index (Phi) is 15.6. The minimum atomic E-state index is -1.16. The van der Waals surface area contributed by atoms with E-state index in [0.29, 0.717) is 25.0 Å². The highest BCUT2D eigenvalue weighted by molar-refractivity contribution is 4.83. The zero-order valence-electron chi connectivity index (χ0n) is 17.1. The monoisotopic (exact) mass is 378 g/mol. The van der Waals surface area contributed by atoms with Crippen LogP contribution in [0.3, 0.4) is 0 Å². The Labute approximate surface area is 159 Å². The van der Waals surface area contributed by atoms with Gasteiger partial charge in [-0.1, -0.05) is 53.4 Å². The van der Waals surface area contributed by atoms with Crippen LogP contribution < -0.4 is 0 Å². The van der Waals surface area contributed by atoms with Crippen LogP contribution in [0.25, 0.3) is 0 Å². The van der Waals surface area contributed by atoms with Crippen molar-refractivity contribution in [2.45, 2.75) is 90.6 Å². The van der Waals surface area contributed by atoms with Crippen LogP contribution in [0.2, 0.25) is 0 Å². The summed E-state index contributed by atoms with van der Waals surface area (Å²) in [7, 11) is 0. The minimum Gasteiger partial charge on any atom is -0.394 e. The predicted octanol–water partition coefficient (Wildman–Crippen LogP) is 2.12. The molecule has 0 saturated heterocycles. The van der Waals surface area contributed by atoms with Gasteiger partial charge in [0.1, 0.15) is 24.4 Å². The Morgan fingerprint density at radius 3 is 1.23 bits per heavy atom. The molecule has 6 nitrogen and oxygen atoms in total. The molecule has 0 aromatic heterocycles. The van der Waals surface area contributed by atoms with E-state index in [9.17, 15) is 20.4 Å². The molecule has 0 unspecified atom stereocenters. The Bertz CT molecular complexity index is 281. The first-order valence-corrected chi connectivity index (χ1v) is 10.1. The van der Waals surface area contributed by atoms with Crippen LogP contribution in [-0.2, 0) is 9.47 Å². The molecule has 26 heavy (non-hydrogen) atoms. The highest BCUT2D eigenvalue weighted by atomic mass is 16.6. The fourth-order valence-electron chi connectivity index (χ4n) is 2.81.